The van der Waals surface area contributed by atoms with Gasteiger partial charge < -0.3 is 29.4 Å². The Morgan fingerprint density at radius 1 is 1.02 bits per heavy atom. The molecule has 0 aliphatic carbocycles. The minimum atomic E-state index is -1.18. The van der Waals surface area contributed by atoms with Crippen LogP contribution in [-0.2, 0) is 19.1 Å². The molecule has 1 spiro atoms. The molecule has 3 aliphatic rings. The number of carbonyl (C=O) groups excluding carboxylic acids is 3. The monoisotopic (exact) mass is 636 g/mol. The number of anilines is 2. The van der Waals surface area contributed by atoms with Gasteiger partial charge in [-0.05, 0) is 69.7 Å². The first kappa shape index (κ1) is 35.7. The van der Waals surface area contributed by atoms with Crippen molar-refractivity contribution >= 4 is 29.1 Å². The molecule has 9 heteroatoms. The Balaban J connectivity index is 1.86. The molecule has 1 aromatic carbocycles. The summed E-state index contributed by atoms with van der Waals surface area (Å²) < 4.78 is 7.05. The average Bonchev–Trinajstić information content (AvgIpc) is 3.68. The van der Waals surface area contributed by atoms with Gasteiger partial charge in [0.2, 0.25) is 11.8 Å². The van der Waals surface area contributed by atoms with Crippen LogP contribution < -0.4 is 9.80 Å². The van der Waals surface area contributed by atoms with Crippen LogP contribution in [0, 0.1) is 17.8 Å². The fraction of sp³-hybridized carbons (Fsp3) is 0.649. The van der Waals surface area contributed by atoms with Crippen molar-refractivity contribution in [2.75, 3.05) is 49.1 Å². The Labute approximate surface area is 276 Å². The molecular formula is C37H56N4O5. The Bertz CT molecular complexity index is 1260. The summed E-state index contributed by atoms with van der Waals surface area (Å²) in [5.41, 5.74) is -0.261. The second-order valence-corrected chi connectivity index (χ2v) is 13.2. The van der Waals surface area contributed by atoms with Gasteiger partial charge in [0.15, 0.2) is 0 Å². The third-order valence-corrected chi connectivity index (χ3v) is 11.0. The molecule has 3 amide bonds. The number of ether oxygens (including phenoxy) is 1. The van der Waals surface area contributed by atoms with Crippen molar-refractivity contribution in [2.24, 2.45) is 17.8 Å². The van der Waals surface area contributed by atoms with Crippen molar-refractivity contribution in [1.29, 1.82) is 0 Å². The van der Waals surface area contributed by atoms with Crippen LogP contribution in [0.5, 0.6) is 0 Å². The van der Waals surface area contributed by atoms with Crippen LogP contribution in [0.25, 0.3) is 0 Å². The van der Waals surface area contributed by atoms with Crippen LogP contribution >= 0.6 is 0 Å². The number of rotatable bonds is 17. The van der Waals surface area contributed by atoms with E-state index in [1.54, 1.807) is 26.9 Å². The van der Waals surface area contributed by atoms with Crippen molar-refractivity contribution in [2.45, 2.75) is 96.9 Å². The van der Waals surface area contributed by atoms with Gasteiger partial charge in [0.05, 0.1) is 30.1 Å². The number of carbonyl (C=O) groups is 3. The zero-order valence-electron chi connectivity index (χ0n) is 28.9. The van der Waals surface area contributed by atoms with E-state index in [0.717, 1.165) is 25.2 Å². The number of amides is 3. The maximum absolute atomic E-state index is 15.1. The minimum Gasteiger partial charge on any atom is -0.394 e. The number of fused-ring (bicyclic) bond motifs is 1. The van der Waals surface area contributed by atoms with Gasteiger partial charge in [0, 0.05) is 44.1 Å². The van der Waals surface area contributed by atoms with Crippen molar-refractivity contribution < 1.29 is 24.2 Å². The predicted molar refractivity (Wildman–Crippen MR) is 184 cm³/mol. The number of benzene rings is 1. The summed E-state index contributed by atoms with van der Waals surface area (Å²) in [6.45, 7) is 22.7. The summed E-state index contributed by atoms with van der Waals surface area (Å²) in [6, 6.07) is 6.31. The molecule has 2 unspecified atom stereocenters. The molecule has 3 heterocycles. The molecule has 0 aromatic heterocycles. The molecule has 1 N–H and O–H groups in total. The second kappa shape index (κ2) is 14.7. The SMILES string of the molecule is C=CCN(CCC)C(=O)[C@H]1[C@H]2C(=O)N([C@@H](CO)[C@@H](C)CC)C(C(=O)N(CC=C)c3ccc(N(CC)CC)cc3)C23CC[C@]1(CC)O3. The third-order valence-electron chi connectivity index (χ3n) is 11.0. The van der Waals surface area contributed by atoms with Gasteiger partial charge in [-0.15, -0.1) is 13.2 Å². The maximum atomic E-state index is 15.1. The molecule has 1 aromatic rings. The third kappa shape index (κ3) is 5.78. The van der Waals surface area contributed by atoms with E-state index in [1.807, 2.05) is 52.0 Å². The Morgan fingerprint density at radius 3 is 2.17 bits per heavy atom. The first-order valence-electron chi connectivity index (χ1n) is 17.4. The van der Waals surface area contributed by atoms with Crippen molar-refractivity contribution in [3.63, 3.8) is 0 Å². The highest BCUT2D eigenvalue weighted by Crippen LogP contribution is 2.65. The zero-order valence-corrected chi connectivity index (χ0v) is 28.9. The van der Waals surface area contributed by atoms with Crippen LogP contribution in [0.1, 0.15) is 73.6 Å². The summed E-state index contributed by atoms with van der Waals surface area (Å²) in [4.78, 5) is 51.7. The first-order valence-corrected chi connectivity index (χ1v) is 17.4. The van der Waals surface area contributed by atoms with E-state index in [2.05, 4.69) is 31.9 Å². The lowest BCUT2D eigenvalue weighted by atomic mass is 9.64. The number of aliphatic hydroxyl groups excluding tert-OH is 1. The fourth-order valence-corrected chi connectivity index (χ4v) is 8.43. The largest absolute Gasteiger partial charge is 0.394 e. The van der Waals surface area contributed by atoms with E-state index in [-0.39, 0.29) is 36.8 Å². The van der Waals surface area contributed by atoms with Gasteiger partial charge in [-0.25, -0.2) is 0 Å². The summed E-state index contributed by atoms with van der Waals surface area (Å²) in [7, 11) is 0. The minimum absolute atomic E-state index is 0.0791. The van der Waals surface area contributed by atoms with E-state index < -0.39 is 35.1 Å². The molecule has 3 aliphatic heterocycles. The molecular weight excluding hydrogens is 580 g/mol. The number of nitrogens with zero attached hydrogens (tertiary/aromatic N) is 4. The van der Waals surface area contributed by atoms with E-state index in [4.69, 9.17) is 4.74 Å². The van der Waals surface area contributed by atoms with Gasteiger partial charge >= 0.3 is 0 Å². The summed E-state index contributed by atoms with van der Waals surface area (Å²) in [5.74, 6) is -2.27. The summed E-state index contributed by atoms with van der Waals surface area (Å²) in [6.07, 6.45) is 6.52. The predicted octanol–water partition coefficient (Wildman–Crippen LogP) is 5.04. The van der Waals surface area contributed by atoms with E-state index >= 15 is 4.79 Å². The Morgan fingerprint density at radius 2 is 1.65 bits per heavy atom. The Kier molecular flexibility index (Phi) is 11.4. The number of hydrogen-bond acceptors (Lipinski definition) is 6. The fourth-order valence-electron chi connectivity index (χ4n) is 8.43. The lowest BCUT2D eigenvalue weighted by Gasteiger charge is -2.41. The van der Waals surface area contributed by atoms with Crippen LogP contribution in [0.15, 0.2) is 49.6 Å². The maximum Gasteiger partial charge on any atom is 0.253 e. The van der Waals surface area contributed by atoms with Crippen molar-refractivity contribution in [3.8, 4) is 0 Å². The average molecular weight is 637 g/mol. The molecule has 7 atom stereocenters. The van der Waals surface area contributed by atoms with Crippen molar-refractivity contribution in [3.05, 3.63) is 49.6 Å². The lowest BCUT2D eigenvalue weighted by Crippen LogP contribution is -2.60. The van der Waals surface area contributed by atoms with Gasteiger partial charge in [0.1, 0.15) is 11.6 Å². The molecule has 3 fully saturated rings. The molecule has 0 saturated carbocycles. The number of hydrogen-bond donors (Lipinski definition) is 1. The lowest BCUT2D eigenvalue weighted by molar-refractivity contribution is -0.154. The molecule has 9 nitrogen and oxygen atoms in total. The Hall–Kier alpha value is -3.17. The first-order chi connectivity index (χ1) is 22.1. The highest BCUT2D eigenvalue weighted by Gasteiger charge is 2.79. The number of likely N-dealkylation sites (tertiary alicyclic amines) is 1. The van der Waals surface area contributed by atoms with E-state index in [1.165, 1.54) is 0 Å². The van der Waals surface area contributed by atoms with Gasteiger partial charge in [0.25, 0.3) is 5.91 Å². The smallest absolute Gasteiger partial charge is 0.253 e. The topological polar surface area (TPSA) is 93.6 Å². The highest BCUT2D eigenvalue weighted by molar-refractivity contribution is 6.05. The molecule has 46 heavy (non-hydrogen) atoms. The number of aliphatic hydroxyl groups is 1. The summed E-state index contributed by atoms with van der Waals surface area (Å²) in [5, 5.41) is 10.8. The van der Waals surface area contributed by atoms with Gasteiger partial charge in [-0.1, -0.05) is 46.3 Å². The van der Waals surface area contributed by atoms with Gasteiger partial charge in [-0.2, -0.15) is 0 Å². The zero-order chi connectivity index (χ0) is 33.8. The quantitative estimate of drug-likeness (QED) is 0.241. The molecule has 2 bridgehead atoms. The van der Waals surface area contributed by atoms with Gasteiger partial charge in [-0.3, -0.25) is 14.4 Å². The standard InChI is InChI=1S/C37H56N4O5/c1-9-22-39(23-10-2)33(43)30-31-34(44)41(29(25-42)26(8)12-4)32(37(31)21-20-36(30,13-5)46-37)35(45)40(24-11-3)28-18-16-27(17-19-28)38(14-6)15-7/h9,11,16-19,26,29-32,42H,1,3,10,12-15,20-25H2,2,4-8H3/t26-,29-,30+,31-,32?,36-,37?/m0/s1. The molecule has 0 radical (unpaired) electrons. The van der Waals surface area contributed by atoms with Crippen LogP contribution in [-0.4, -0.2) is 95.2 Å². The highest BCUT2D eigenvalue weighted by atomic mass is 16.5. The normalized spacial score (nSPS) is 27.7. The van der Waals surface area contributed by atoms with Crippen LogP contribution in [0.4, 0.5) is 11.4 Å². The van der Waals surface area contributed by atoms with Crippen LogP contribution in [0.3, 0.4) is 0 Å². The molecule has 254 valence electrons. The summed E-state index contributed by atoms with van der Waals surface area (Å²) >= 11 is 0. The van der Waals surface area contributed by atoms with Crippen molar-refractivity contribution in [1.82, 2.24) is 9.80 Å². The molecule has 3 saturated heterocycles. The van der Waals surface area contributed by atoms with E-state index in [0.29, 0.717) is 44.5 Å². The van der Waals surface area contributed by atoms with E-state index in [9.17, 15) is 14.7 Å². The second-order valence-electron chi connectivity index (χ2n) is 13.2. The van der Waals surface area contributed by atoms with Crippen LogP contribution in [0.2, 0.25) is 0 Å². The molecule has 4 rings (SSSR count).